The predicted molar refractivity (Wildman–Crippen MR) is 111 cm³/mol. The molecule has 0 radical (unpaired) electrons. The Morgan fingerprint density at radius 1 is 1.12 bits per heavy atom. The molecule has 1 atom stereocenters. The van der Waals surface area contributed by atoms with E-state index in [9.17, 15) is 0 Å². The van der Waals surface area contributed by atoms with Gasteiger partial charge in [0.05, 0.1) is 11.1 Å². The van der Waals surface area contributed by atoms with Crippen molar-refractivity contribution in [1.29, 1.82) is 0 Å². The smallest absolute Gasteiger partial charge is 0.133 e. The molecule has 2 aromatic rings. The monoisotopic (exact) mass is 423 g/mol. The molecule has 1 aliphatic rings. The normalized spacial score (nSPS) is 17.6. The van der Waals surface area contributed by atoms with Crippen LogP contribution >= 0.6 is 28.3 Å². The van der Waals surface area contributed by atoms with Gasteiger partial charge in [-0.2, -0.15) is 0 Å². The molecule has 1 fully saturated rings. The first-order valence-electron chi connectivity index (χ1n) is 8.76. The van der Waals surface area contributed by atoms with Crippen molar-refractivity contribution < 1.29 is 4.74 Å². The second kappa shape index (κ2) is 9.07. The summed E-state index contributed by atoms with van der Waals surface area (Å²) >= 11 is 3.70. The second-order valence-electron chi connectivity index (χ2n) is 7.16. The summed E-state index contributed by atoms with van der Waals surface area (Å²) in [6.07, 6.45) is 2.50. The number of ether oxygens (including phenoxy) is 1. The summed E-state index contributed by atoms with van der Waals surface area (Å²) in [5, 5.41) is 3.44. The van der Waals surface area contributed by atoms with Crippen molar-refractivity contribution in [2.45, 2.75) is 32.1 Å². The van der Waals surface area contributed by atoms with Crippen molar-refractivity contribution in [1.82, 2.24) is 5.32 Å². The van der Waals surface area contributed by atoms with Gasteiger partial charge in [0.1, 0.15) is 5.75 Å². The standard InChI is InChI=1S/C21H26BrNO.ClH/c1-21(2,17-8-4-3-5-9-17)18-10-11-20(19(22)13-18)24-15-16-7-6-12-23-14-16;/h3-5,8-11,13,16,23H,6-7,12,14-15H2,1-2H3;1H. The molecule has 0 amide bonds. The summed E-state index contributed by atoms with van der Waals surface area (Å²) < 4.78 is 7.10. The lowest BCUT2D eigenvalue weighted by molar-refractivity contribution is 0.217. The maximum atomic E-state index is 6.06. The van der Waals surface area contributed by atoms with Crippen LogP contribution in [-0.4, -0.2) is 19.7 Å². The molecule has 1 unspecified atom stereocenters. The molecule has 1 aliphatic heterocycles. The Balaban J connectivity index is 0.00000225. The number of piperidine rings is 1. The summed E-state index contributed by atoms with van der Waals surface area (Å²) in [7, 11) is 0. The molecule has 1 heterocycles. The minimum atomic E-state index is -0.0321. The summed E-state index contributed by atoms with van der Waals surface area (Å²) in [4.78, 5) is 0. The first-order valence-corrected chi connectivity index (χ1v) is 9.56. The highest BCUT2D eigenvalue weighted by atomic mass is 79.9. The fraction of sp³-hybridized carbons (Fsp3) is 0.429. The van der Waals surface area contributed by atoms with E-state index in [0.717, 1.165) is 29.9 Å². The molecule has 0 aromatic heterocycles. The van der Waals surface area contributed by atoms with Crippen LogP contribution in [0.3, 0.4) is 0 Å². The number of hydrogen-bond donors (Lipinski definition) is 1. The van der Waals surface area contributed by atoms with E-state index in [1.165, 1.54) is 24.0 Å². The van der Waals surface area contributed by atoms with Crippen molar-refractivity contribution in [2.75, 3.05) is 19.7 Å². The van der Waals surface area contributed by atoms with Crippen LogP contribution in [0.15, 0.2) is 53.0 Å². The Morgan fingerprint density at radius 2 is 1.88 bits per heavy atom. The Hall–Kier alpha value is -1.03. The molecule has 0 saturated carbocycles. The Bertz CT molecular complexity index is 669. The quantitative estimate of drug-likeness (QED) is 0.677. The van der Waals surface area contributed by atoms with Gasteiger partial charge in [-0.3, -0.25) is 0 Å². The van der Waals surface area contributed by atoms with Gasteiger partial charge in [-0.25, -0.2) is 0 Å². The van der Waals surface area contributed by atoms with Gasteiger partial charge in [0.2, 0.25) is 0 Å². The lowest BCUT2D eigenvalue weighted by Crippen LogP contribution is -2.33. The van der Waals surface area contributed by atoms with Gasteiger partial charge in [-0.1, -0.05) is 50.2 Å². The van der Waals surface area contributed by atoms with Crippen LogP contribution in [0.4, 0.5) is 0 Å². The van der Waals surface area contributed by atoms with E-state index in [-0.39, 0.29) is 17.8 Å². The van der Waals surface area contributed by atoms with Gasteiger partial charge >= 0.3 is 0 Å². The molecule has 3 rings (SSSR count). The molecule has 25 heavy (non-hydrogen) atoms. The number of benzene rings is 2. The minimum absolute atomic E-state index is 0. The highest BCUT2D eigenvalue weighted by Gasteiger charge is 2.24. The zero-order valence-corrected chi connectivity index (χ0v) is 17.3. The number of halogens is 2. The number of nitrogens with one attached hydrogen (secondary N) is 1. The van der Waals surface area contributed by atoms with Crippen molar-refractivity contribution in [3.05, 3.63) is 64.1 Å². The molecule has 1 N–H and O–H groups in total. The molecule has 2 nitrogen and oxygen atoms in total. The topological polar surface area (TPSA) is 21.3 Å². The molecule has 0 aliphatic carbocycles. The zero-order valence-electron chi connectivity index (χ0n) is 14.9. The largest absolute Gasteiger partial charge is 0.492 e. The Kier molecular flexibility index (Phi) is 7.36. The van der Waals surface area contributed by atoms with Gasteiger partial charge in [0.25, 0.3) is 0 Å². The third-order valence-corrected chi connectivity index (χ3v) is 5.64. The van der Waals surface area contributed by atoms with E-state index in [2.05, 4.69) is 83.6 Å². The average Bonchev–Trinajstić information content (AvgIpc) is 2.62. The second-order valence-corrected chi connectivity index (χ2v) is 8.01. The summed E-state index contributed by atoms with van der Waals surface area (Å²) in [6, 6.07) is 17.1. The van der Waals surface area contributed by atoms with Crippen LogP contribution in [0.2, 0.25) is 0 Å². The van der Waals surface area contributed by atoms with Crippen LogP contribution in [-0.2, 0) is 5.41 Å². The van der Waals surface area contributed by atoms with E-state index < -0.39 is 0 Å². The fourth-order valence-electron chi connectivity index (χ4n) is 3.30. The van der Waals surface area contributed by atoms with Crippen LogP contribution in [0.25, 0.3) is 0 Å². The Labute approximate surface area is 165 Å². The zero-order chi connectivity index (χ0) is 17.0. The molecule has 2 aromatic carbocycles. The molecule has 4 heteroatoms. The van der Waals surface area contributed by atoms with E-state index in [1.807, 2.05) is 0 Å². The van der Waals surface area contributed by atoms with Crippen molar-refractivity contribution in [3.8, 4) is 5.75 Å². The number of rotatable bonds is 5. The third kappa shape index (κ3) is 4.99. The van der Waals surface area contributed by atoms with Crippen LogP contribution in [0.1, 0.15) is 37.8 Å². The van der Waals surface area contributed by atoms with Crippen LogP contribution in [0, 0.1) is 5.92 Å². The molecule has 0 bridgehead atoms. The first-order chi connectivity index (χ1) is 11.6. The third-order valence-electron chi connectivity index (χ3n) is 5.02. The van der Waals surface area contributed by atoms with Gasteiger partial charge in [0.15, 0.2) is 0 Å². The maximum absolute atomic E-state index is 6.06. The van der Waals surface area contributed by atoms with E-state index in [1.54, 1.807) is 0 Å². The van der Waals surface area contributed by atoms with Crippen molar-refractivity contribution in [3.63, 3.8) is 0 Å². The molecular formula is C21H27BrClNO. The lowest BCUT2D eigenvalue weighted by Gasteiger charge is -2.27. The SMILES string of the molecule is CC(C)(c1ccccc1)c1ccc(OCC2CCCNC2)c(Br)c1.Cl. The van der Waals surface area contributed by atoms with Gasteiger partial charge in [0, 0.05) is 17.9 Å². The summed E-state index contributed by atoms with van der Waals surface area (Å²) in [5.74, 6) is 1.55. The summed E-state index contributed by atoms with van der Waals surface area (Å²) in [6.45, 7) is 7.52. The molecule has 1 saturated heterocycles. The average molecular weight is 425 g/mol. The van der Waals surface area contributed by atoms with Gasteiger partial charge in [-0.05, 0) is 58.6 Å². The summed E-state index contributed by atoms with van der Waals surface area (Å²) in [5.41, 5.74) is 2.57. The fourth-order valence-corrected chi connectivity index (χ4v) is 3.80. The molecule has 0 spiro atoms. The highest BCUT2D eigenvalue weighted by molar-refractivity contribution is 9.10. The Morgan fingerprint density at radius 3 is 2.52 bits per heavy atom. The first kappa shape index (κ1) is 20.3. The van der Waals surface area contributed by atoms with E-state index in [4.69, 9.17) is 4.74 Å². The van der Waals surface area contributed by atoms with Crippen LogP contribution in [0.5, 0.6) is 5.75 Å². The van der Waals surface area contributed by atoms with Gasteiger partial charge in [-0.15, -0.1) is 12.4 Å². The minimum Gasteiger partial charge on any atom is -0.492 e. The predicted octanol–water partition coefficient (Wildman–Crippen LogP) is 5.58. The lowest BCUT2D eigenvalue weighted by atomic mass is 9.78. The van der Waals surface area contributed by atoms with E-state index in [0.29, 0.717) is 5.92 Å². The van der Waals surface area contributed by atoms with E-state index >= 15 is 0 Å². The number of hydrogen-bond acceptors (Lipinski definition) is 2. The maximum Gasteiger partial charge on any atom is 0.133 e. The molecular weight excluding hydrogens is 398 g/mol. The molecule has 136 valence electrons. The van der Waals surface area contributed by atoms with Crippen molar-refractivity contribution >= 4 is 28.3 Å². The van der Waals surface area contributed by atoms with Crippen molar-refractivity contribution in [2.24, 2.45) is 5.92 Å². The van der Waals surface area contributed by atoms with Gasteiger partial charge < -0.3 is 10.1 Å². The highest BCUT2D eigenvalue weighted by Crippen LogP contribution is 2.36. The van der Waals surface area contributed by atoms with Crippen LogP contribution < -0.4 is 10.1 Å².